The van der Waals surface area contributed by atoms with E-state index < -0.39 is 11.5 Å². The number of amides is 1. The first kappa shape index (κ1) is 20.5. The molecule has 0 aromatic heterocycles. The number of rotatable bonds is 10. The molecule has 1 aromatic rings. The lowest BCUT2D eigenvalue weighted by Crippen LogP contribution is -2.52. The van der Waals surface area contributed by atoms with Gasteiger partial charge in [-0.2, -0.15) is 0 Å². The van der Waals surface area contributed by atoms with Crippen molar-refractivity contribution in [2.75, 3.05) is 13.7 Å². The lowest BCUT2D eigenvalue weighted by molar-refractivity contribution is -0.139. The van der Waals surface area contributed by atoms with Gasteiger partial charge in [0.2, 0.25) is 0 Å². The van der Waals surface area contributed by atoms with E-state index in [2.05, 4.69) is 11.9 Å². The summed E-state index contributed by atoms with van der Waals surface area (Å²) in [6, 6.07) is 5.45. The Labute approximate surface area is 148 Å². The zero-order valence-electron chi connectivity index (χ0n) is 15.3. The Morgan fingerprint density at radius 2 is 2.04 bits per heavy atom. The van der Waals surface area contributed by atoms with E-state index in [4.69, 9.17) is 14.6 Å². The van der Waals surface area contributed by atoms with Crippen molar-refractivity contribution in [3.8, 4) is 11.5 Å². The Hall–Kier alpha value is -2.50. The number of aliphatic carboxylic acids is 1. The van der Waals surface area contributed by atoms with Crippen LogP contribution in [0, 0.1) is 5.92 Å². The standard InChI is InChI=1S/C19H27NO5/c1-6-7-14-8-9-15(16(10-14)24-5)25-12-17(21)20-19(4,13(2)3)11-18(22)23/h6,8-10,13H,1,7,11-12H2,2-5H3,(H,20,21)(H,22,23). The van der Waals surface area contributed by atoms with Crippen molar-refractivity contribution in [3.05, 3.63) is 36.4 Å². The first-order valence-electron chi connectivity index (χ1n) is 8.15. The van der Waals surface area contributed by atoms with Crippen LogP contribution < -0.4 is 14.8 Å². The minimum Gasteiger partial charge on any atom is -0.493 e. The summed E-state index contributed by atoms with van der Waals surface area (Å²) in [7, 11) is 1.53. The zero-order chi connectivity index (χ0) is 19.0. The number of carbonyl (C=O) groups is 2. The van der Waals surface area contributed by atoms with Gasteiger partial charge in [0.15, 0.2) is 18.1 Å². The number of carboxylic acid groups (broad SMARTS) is 1. The van der Waals surface area contributed by atoms with Gasteiger partial charge in [-0.05, 0) is 37.0 Å². The molecule has 1 unspecified atom stereocenters. The molecule has 0 radical (unpaired) electrons. The summed E-state index contributed by atoms with van der Waals surface area (Å²) in [6.45, 7) is 8.92. The van der Waals surface area contributed by atoms with Crippen LogP contribution in [0.4, 0.5) is 0 Å². The first-order valence-corrected chi connectivity index (χ1v) is 8.15. The van der Waals surface area contributed by atoms with Crippen LogP contribution in [0.3, 0.4) is 0 Å². The van der Waals surface area contributed by atoms with Crippen LogP contribution >= 0.6 is 0 Å². The fourth-order valence-corrected chi connectivity index (χ4v) is 2.33. The summed E-state index contributed by atoms with van der Waals surface area (Å²) in [5, 5.41) is 11.8. The van der Waals surface area contributed by atoms with E-state index in [1.165, 1.54) is 7.11 Å². The number of nitrogens with one attached hydrogen (secondary N) is 1. The number of ether oxygens (including phenoxy) is 2. The monoisotopic (exact) mass is 349 g/mol. The number of hydrogen-bond donors (Lipinski definition) is 2. The third-order valence-corrected chi connectivity index (χ3v) is 4.18. The van der Waals surface area contributed by atoms with Crippen molar-refractivity contribution in [2.24, 2.45) is 5.92 Å². The van der Waals surface area contributed by atoms with Gasteiger partial charge in [-0.3, -0.25) is 9.59 Å². The van der Waals surface area contributed by atoms with Crippen LogP contribution in [-0.4, -0.2) is 36.2 Å². The molecule has 0 spiro atoms. The van der Waals surface area contributed by atoms with E-state index in [0.29, 0.717) is 17.9 Å². The van der Waals surface area contributed by atoms with Gasteiger partial charge in [0.05, 0.1) is 19.1 Å². The summed E-state index contributed by atoms with van der Waals surface area (Å²) < 4.78 is 10.8. The highest BCUT2D eigenvalue weighted by molar-refractivity contribution is 5.79. The number of carboxylic acids is 1. The molecule has 2 N–H and O–H groups in total. The molecule has 1 aromatic carbocycles. The number of benzene rings is 1. The summed E-state index contributed by atoms with van der Waals surface area (Å²) in [4.78, 5) is 23.2. The fraction of sp³-hybridized carbons (Fsp3) is 0.474. The summed E-state index contributed by atoms with van der Waals surface area (Å²) in [6.07, 6.45) is 2.34. The van der Waals surface area contributed by atoms with Gasteiger partial charge in [-0.25, -0.2) is 0 Å². The van der Waals surface area contributed by atoms with E-state index in [9.17, 15) is 9.59 Å². The highest BCUT2D eigenvalue weighted by Gasteiger charge is 2.32. The molecule has 1 atom stereocenters. The molecule has 0 aliphatic heterocycles. The zero-order valence-corrected chi connectivity index (χ0v) is 15.3. The first-order chi connectivity index (χ1) is 11.7. The Kier molecular flexibility index (Phi) is 7.48. The molecule has 0 aliphatic rings. The second kappa shape index (κ2) is 9.11. The van der Waals surface area contributed by atoms with E-state index >= 15 is 0 Å². The van der Waals surface area contributed by atoms with Gasteiger partial charge in [-0.15, -0.1) is 6.58 Å². The van der Waals surface area contributed by atoms with Crippen LogP contribution in [0.25, 0.3) is 0 Å². The van der Waals surface area contributed by atoms with Crippen molar-refractivity contribution in [2.45, 2.75) is 39.2 Å². The maximum absolute atomic E-state index is 12.2. The summed E-state index contributed by atoms with van der Waals surface area (Å²) >= 11 is 0. The lowest BCUT2D eigenvalue weighted by atomic mass is 9.85. The second-order valence-electron chi connectivity index (χ2n) is 6.46. The predicted molar refractivity (Wildman–Crippen MR) is 96.0 cm³/mol. The number of methoxy groups -OCH3 is 1. The molecular formula is C19H27NO5. The second-order valence-corrected chi connectivity index (χ2v) is 6.46. The maximum Gasteiger partial charge on any atom is 0.305 e. The van der Waals surface area contributed by atoms with E-state index in [1.54, 1.807) is 19.1 Å². The predicted octanol–water partition coefficient (Wildman–Crippen LogP) is 2.81. The van der Waals surface area contributed by atoms with Crippen LogP contribution in [0.5, 0.6) is 11.5 Å². The lowest BCUT2D eigenvalue weighted by Gasteiger charge is -2.33. The minimum atomic E-state index is -0.961. The third-order valence-electron chi connectivity index (χ3n) is 4.18. The number of carbonyl (C=O) groups excluding carboxylic acids is 1. The molecule has 6 heteroatoms. The molecule has 0 saturated heterocycles. The molecule has 0 fully saturated rings. The van der Waals surface area contributed by atoms with Crippen molar-refractivity contribution in [3.63, 3.8) is 0 Å². The molecular weight excluding hydrogens is 322 g/mol. The smallest absolute Gasteiger partial charge is 0.305 e. The molecule has 1 amide bonds. The average Bonchev–Trinajstić information content (AvgIpc) is 2.52. The van der Waals surface area contributed by atoms with E-state index in [1.807, 2.05) is 26.0 Å². The van der Waals surface area contributed by atoms with Crippen LogP contribution in [0.1, 0.15) is 32.8 Å². The van der Waals surface area contributed by atoms with Gasteiger partial charge in [-0.1, -0.05) is 26.0 Å². The Morgan fingerprint density at radius 3 is 2.56 bits per heavy atom. The van der Waals surface area contributed by atoms with Crippen LogP contribution in [0.15, 0.2) is 30.9 Å². The quantitative estimate of drug-likeness (QED) is 0.635. The average molecular weight is 349 g/mol. The molecule has 0 heterocycles. The van der Waals surface area contributed by atoms with Gasteiger partial charge >= 0.3 is 5.97 Å². The molecule has 1 rings (SSSR count). The van der Waals surface area contributed by atoms with Crippen molar-refractivity contribution in [1.82, 2.24) is 5.32 Å². The van der Waals surface area contributed by atoms with Gasteiger partial charge in [0.1, 0.15) is 0 Å². The fourth-order valence-electron chi connectivity index (χ4n) is 2.33. The topological polar surface area (TPSA) is 84.9 Å². The number of allylic oxidation sites excluding steroid dienone is 1. The van der Waals surface area contributed by atoms with Crippen LogP contribution in [-0.2, 0) is 16.0 Å². The Morgan fingerprint density at radius 1 is 1.36 bits per heavy atom. The SMILES string of the molecule is C=CCc1ccc(OCC(=O)NC(C)(CC(=O)O)C(C)C)c(OC)c1. The Balaban J connectivity index is 2.75. The normalized spacial score (nSPS) is 13.0. The van der Waals surface area contributed by atoms with Crippen molar-refractivity contribution >= 4 is 11.9 Å². The Bertz CT molecular complexity index is 626. The number of hydrogen-bond acceptors (Lipinski definition) is 4. The third kappa shape index (κ3) is 6.14. The molecule has 25 heavy (non-hydrogen) atoms. The molecule has 138 valence electrons. The molecule has 6 nitrogen and oxygen atoms in total. The van der Waals surface area contributed by atoms with E-state index in [0.717, 1.165) is 5.56 Å². The van der Waals surface area contributed by atoms with Gasteiger partial charge in [0, 0.05) is 0 Å². The van der Waals surface area contributed by atoms with Crippen molar-refractivity contribution in [1.29, 1.82) is 0 Å². The summed E-state index contributed by atoms with van der Waals surface area (Å²) in [5.74, 6) is -0.397. The van der Waals surface area contributed by atoms with Gasteiger partial charge in [0.25, 0.3) is 5.91 Å². The van der Waals surface area contributed by atoms with Gasteiger partial charge < -0.3 is 19.9 Å². The van der Waals surface area contributed by atoms with Crippen molar-refractivity contribution < 1.29 is 24.2 Å². The minimum absolute atomic E-state index is 0.0414. The molecule has 0 bridgehead atoms. The molecule has 0 aliphatic carbocycles. The van der Waals surface area contributed by atoms with Crippen LogP contribution in [0.2, 0.25) is 0 Å². The molecule has 0 saturated carbocycles. The highest BCUT2D eigenvalue weighted by atomic mass is 16.5. The largest absolute Gasteiger partial charge is 0.493 e. The summed E-state index contributed by atoms with van der Waals surface area (Å²) in [5.41, 5.74) is 0.182. The van der Waals surface area contributed by atoms with E-state index in [-0.39, 0.29) is 24.9 Å². The maximum atomic E-state index is 12.2. The highest BCUT2D eigenvalue weighted by Crippen LogP contribution is 2.28.